The number of benzene rings is 3. The Morgan fingerprint density at radius 2 is 1.56 bits per heavy atom. The van der Waals surface area contributed by atoms with Gasteiger partial charge in [0.05, 0.1) is 21.9 Å². The Hall–Kier alpha value is -3.40. The summed E-state index contributed by atoms with van der Waals surface area (Å²) in [4.78, 5) is 4.99. The van der Waals surface area contributed by atoms with Crippen LogP contribution < -0.4 is 4.57 Å². The molecule has 4 heterocycles. The van der Waals surface area contributed by atoms with Crippen LogP contribution >= 0.6 is 0 Å². The summed E-state index contributed by atoms with van der Waals surface area (Å²) in [7, 11) is 0. The molecule has 0 unspecified atom stereocenters. The third-order valence-corrected chi connectivity index (χ3v) is 5.55. The third kappa shape index (κ3) is 1.21. The molecule has 3 aromatic heterocycles. The molecule has 0 fully saturated rings. The molecule has 0 aliphatic carbocycles. The van der Waals surface area contributed by atoms with Crippen LogP contribution in [0.1, 0.15) is 5.56 Å². The number of para-hydroxylation sites is 4. The van der Waals surface area contributed by atoms with Crippen molar-refractivity contribution >= 4 is 44.4 Å². The van der Waals surface area contributed by atoms with Crippen LogP contribution in [0.15, 0.2) is 66.7 Å². The highest BCUT2D eigenvalue weighted by Crippen LogP contribution is 2.33. The number of hydrogen-bond acceptors (Lipinski definition) is 1. The lowest BCUT2D eigenvalue weighted by Gasteiger charge is -2.03. The predicted octanol–water partition coefficient (Wildman–Crippen LogP) is 3.70. The number of hydrogen-bond donors (Lipinski definition) is 0. The Kier molecular flexibility index (Phi) is 1.83. The van der Waals surface area contributed by atoms with Crippen LogP contribution in [-0.2, 0) is 6.54 Å². The molecule has 0 amide bonds. The second kappa shape index (κ2) is 3.81. The number of nitrogens with zero attached hydrogens (tertiary/aromatic N) is 4. The van der Waals surface area contributed by atoms with Crippen LogP contribution in [0.3, 0.4) is 0 Å². The molecule has 0 saturated heterocycles. The van der Waals surface area contributed by atoms with Gasteiger partial charge in [-0.05, 0) is 30.3 Å². The summed E-state index contributed by atoms with van der Waals surface area (Å²) in [5.74, 6) is 0.984. The van der Waals surface area contributed by atoms with Crippen molar-refractivity contribution in [2.45, 2.75) is 6.54 Å². The van der Waals surface area contributed by atoms with E-state index in [9.17, 15) is 0 Å². The van der Waals surface area contributed by atoms with E-state index >= 15 is 0 Å². The molecule has 1 aliphatic rings. The van der Waals surface area contributed by atoms with Crippen molar-refractivity contribution in [3.63, 3.8) is 0 Å². The van der Waals surface area contributed by atoms with E-state index in [0.29, 0.717) is 0 Å². The van der Waals surface area contributed by atoms with Crippen LogP contribution in [0.4, 0.5) is 0 Å². The van der Waals surface area contributed by atoms with Gasteiger partial charge in [0.1, 0.15) is 6.54 Å². The molecule has 0 saturated carbocycles. The van der Waals surface area contributed by atoms with Gasteiger partial charge in [-0.1, -0.05) is 36.4 Å². The van der Waals surface area contributed by atoms with Gasteiger partial charge in [0, 0.05) is 5.56 Å². The summed E-state index contributed by atoms with van der Waals surface area (Å²) in [5, 5.41) is 1.34. The first-order valence-corrected chi connectivity index (χ1v) is 8.55. The third-order valence-electron chi connectivity index (χ3n) is 5.55. The topological polar surface area (TPSA) is 25.6 Å². The number of fused-ring (bicyclic) bond motifs is 8. The number of rotatable bonds is 0. The normalized spacial score (nSPS) is 13.4. The summed E-state index contributed by atoms with van der Waals surface area (Å²) in [6.07, 6.45) is 0. The molecule has 0 spiro atoms. The maximum Gasteiger partial charge on any atom is 0.312 e. The van der Waals surface area contributed by atoms with Gasteiger partial charge in [-0.2, -0.15) is 9.38 Å². The predicted molar refractivity (Wildman–Crippen MR) is 98.0 cm³/mol. The van der Waals surface area contributed by atoms with Crippen molar-refractivity contribution in [2.24, 2.45) is 0 Å². The first kappa shape index (κ1) is 12.0. The molecule has 3 aromatic carbocycles. The lowest BCUT2D eigenvalue weighted by Crippen LogP contribution is -2.30. The van der Waals surface area contributed by atoms with Gasteiger partial charge in [-0.25, -0.2) is 4.57 Å². The van der Waals surface area contributed by atoms with Gasteiger partial charge < -0.3 is 0 Å². The Bertz CT molecular complexity index is 1520. The number of imidazole rings is 2. The van der Waals surface area contributed by atoms with Gasteiger partial charge in [0.2, 0.25) is 0 Å². The van der Waals surface area contributed by atoms with Crippen molar-refractivity contribution < 1.29 is 4.57 Å². The molecule has 25 heavy (non-hydrogen) atoms. The first-order chi connectivity index (χ1) is 12.4. The van der Waals surface area contributed by atoms with E-state index in [0.717, 1.165) is 23.4 Å². The van der Waals surface area contributed by atoms with Gasteiger partial charge in [-0.15, -0.1) is 0 Å². The molecular weight excluding hydrogens is 308 g/mol. The zero-order chi connectivity index (χ0) is 16.1. The zero-order valence-corrected chi connectivity index (χ0v) is 13.3. The van der Waals surface area contributed by atoms with E-state index in [1.165, 1.54) is 33.1 Å². The Labute approximate surface area is 142 Å². The first-order valence-electron chi connectivity index (χ1n) is 8.55. The number of aromatic nitrogens is 4. The average Bonchev–Trinajstić information content (AvgIpc) is 3.30. The molecule has 4 heteroatoms. The fourth-order valence-electron chi connectivity index (χ4n) is 4.57. The summed E-state index contributed by atoms with van der Waals surface area (Å²) in [6.45, 7) is 0.925. The van der Waals surface area contributed by atoms with Crippen LogP contribution in [0.25, 0.3) is 44.4 Å². The molecule has 0 atom stereocenters. The highest BCUT2D eigenvalue weighted by Gasteiger charge is 2.32. The fraction of sp³-hybridized carbons (Fsp3) is 0.0476. The maximum atomic E-state index is 4.99. The standard InChI is InChI=1S/C21H13N4/c1-2-8-15-14(7-1)22-21-24(15)18-11-5-6-13-12-23-16-9-3-4-10-17(16)25(21)20(23)19(13)18/h1-11H,12H2/q+1. The second-order valence-electron chi connectivity index (χ2n) is 6.78. The van der Waals surface area contributed by atoms with E-state index in [2.05, 4.69) is 80.1 Å². The lowest BCUT2D eigenvalue weighted by atomic mass is 10.1. The average molecular weight is 321 g/mol. The molecule has 0 radical (unpaired) electrons. The van der Waals surface area contributed by atoms with E-state index in [4.69, 9.17) is 4.98 Å². The summed E-state index contributed by atoms with van der Waals surface area (Å²) in [6, 6.07) is 23.6. The second-order valence-corrected chi connectivity index (χ2v) is 6.78. The van der Waals surface area contributed by atoms with Crippen molar-refractivity contribution in [2.75, 3.05) is 0 Å². The van der Waals surface area contributed by atoms with Gasteiger partial charge in [-0.3, -0.25) is 4.40 Å². The largest absolute Gasteiger partial charge is 0.312 e. The van der Waals surface area contributed by atoms with Crippen molar-refractivity contribution in [1.82, 2.24) is 13.8 Å². The Balaban J connectivity index is 1.98. The van der Waals surface area contributed by atoms with Crippen molar-refractivity contribution in [1.29, 1.82) is 0 Å². The fourth-order valence-corrected chi connectivity index (χ4v) is 4.57. The molecule has 6 aromatic rings. The van der Waals surface area contributed by atoms with Crippen molar-refractivity contribution in [3.05, 3.63) is 72.3 Å². The van der Waals surface area contributed by atoms with E-state index < -0.39 is 0 Å². The van der Waals surface area contributed by atoms with Crippen molar-refractivity contribution in [3.8, 4) is 0 Å². The smallest absolute Gasteiger partial charge is 0.258 e. The van der Waals surface area contributed by atoms with Gasteiger partial charge >= 0.3 is 5.78 Å². The minimum atomic E-state index is 0.925. The van der Waals surface area contributed by atoms with E-state index in [1.54, 1.807) is 0 Å². The molecular formula is C21H13N4+. The van der Waals surface area contributed by atoms with Crippen LogP contribution in [0, 0.1) is 0 Å². The van der Waals surface area contributed by atoms with Crippen LogP contribution in [0.2, 0.25) is 0 Å². The quantitative estimate of drug-likeness (QED) is 0.391. The minimum Gasteiger partial charge on any atom is -0.258 e. The molecule has 0 N–H and O–H groups in total. The highest BCUT2D eigenvalue weighted by molar-refractivity contribution is 6.02. The van der Waals surface area contributed by atoms with Gasteiger partial charge in [0.15, 0.2) is 11.0 Å². The Morgan fingerprint density at radius 3 is 2.52 bits per heavy atom. The monoisotopic (exact) mass is 321 g/mol. The highest BCUT2D eigenvalue weighted by atomic mass is 15.2. The van der Waals surface area contributed by atoms with E-state index in [-0.39, 0.29) is 0 Å². The molecule has 4 nitrogen and oxygen atoms in total. The van der Waals surface area contributed by atoms with Crippen LogP contribution in [-0.4, -0.2) is 13.8 Å². The molecule has 116 valence electrons. The molecule has 7 rings (SSSR count). The van der Waals surface area contributed by atoms with Crippen LogP contribution in [0.5, 0.6) is 0 Å². The summed E-state index contributed by atoms with van der Waals surface area (Å²) < 4.78 is 7.06. The molecule has 0 bridgehead atoms. The van der Waals surface area contributed by atoms with Gasteiger partial charge in [0.25, 0.3) is 5.65 Å². The van der Waals surface area contributed by atoms with E-state index in [1.807, 2.05) is 0 Å². The summed E-state index contributed by atoms with van der Waals surface area (Å²) >= 11 is 0. The SMILES string of the molecule is c1ccc2c(c1)nc1n2c2cccc3c2c2n1c1ccccc1[n+]2C3. The lowest BCUT2D eigenvalue weighted by molar-refractivity contribution is -0.631. The molecule has 1 aliphatic heterocycles. The Morgan fingerprint density at radius 1 is 0.760 bits per heavy atom. The summed E-state index contributed by atoms with van der Waals surface area (Å²) in [5.41, 5.74) is 8.56. The minimum absolute atomic E-state index is 0.925. The zero-order valence-electron chi connectivity index (χ0n) is 13.3. The maximum absolute atomic E-state index is 4.99.